The van der Waals surface area contributed by atoms with Gasteiger partial charge in [0, 0.05) is 13.2 Å². The number of hydrogen-bond donors (Lipinski definition) is 1. The Morgan fingerprint density at radius 3 is 2.09 bits per heavy atom. The van der Waals surface area contributed by atoms with Crippen LogP contribution in [0.1, 0.15) is 39.5 Å². The number of hydrogen-bond acceptors (Lipinski definition) is 2. The summed E-state index contributed by atoms with van der Waals surface area (Å²) in [5.41, 5.74) is 5.90. The maximum Gasteiger partial charge on any atom is 0.0722 e. The van der Waals surface area contributed by atoms with Crippen LogP contribution in [0.2, 0.25) is 0 Å². The van der Waals surface area contributed by atoms with Crippen LogP contribution in [0, 0.1) is 0 Å². The van der Waals surface area contributed by atoms with Gasteiger partial charge in [-0.1, -0.05) is 26.7 Å². The quantitative estimate of drug-likeness (QED) is 0.642. The SMILES string of the molecule is CCCC(N)C(CCC)OC. The minimum absolute atomic E-state index is 0.227. The molecule has 0 bridgehead atoms. The molecule has 2 nitrogen and oxygen atoms in total. The summed E-state index contributed by atoms with van der Waals surface area (Å²) in [6.07, 6.45) is 4.71. The highest BCUT2D eigenvalue weighted by molar-refractivity contribution is 4.71. The van der Waals surface area contributed by atoms with E-state index in [4.69, 9.17) is 10.5 Å². The van der Waals surface area contributed by atoms with E-state index < -0.39 is 0 Å². The molecule has 2 atom stereocenters. The Kier molecular flexibility index (Phi) is 6.57. The Bertz CT molecular complexity index is 85.6. The van der Waals surface area contributed by atoms with E-state index in [2.05, 4.69) is 13.8 Å². The first-order valence-electron chi connectivity index (χ1n) is 4.54. The number of methoxy groups -OCH3 is 1. The molecule has 0 aliphatic rings. The summed E-state index contributed by atoms with van der Waals surface area (Å²) in [5.74, 6) is 0. The van der Waals surface area contributed by atoms with Gasteiger partial charge in [-0.05, 0) is 12.8 Å². The van der Waals surface area contributed by atoms with E-state index in [-0.39, 0.29) is 12.1 Å². The van der Waals surface area contributed by atoms with Gasteiger partial charge in [0.15, 0.2) is 0 Å². The lowest BCUT2D eigenvalue weighted by Gasteiger charge is -2.21. The Labute approximate surface area is 70.1 Å². The van der Waals surface area contributed by atoms with Gasteiger partial charge in [0.1, 0.15) is 0 Å². The average molecular weight is 159 g/mol. The van der Waals surface area contributed by atoms with Crippen LogP contribution in [0.15, 0.2) is 0 Å². The zero-order chi connectivity index (χ0) is 8.69. The van der Waals surface area contributed by atoms with Gasteiger partial charge < -0.3 is 10.5 Å². The van der Waals surface area contributed by atoms with E-state index in [0.717, 1.165) is 25.7 Å². The van der Waals surface area contributed by atoms with Gasteiger partial charge in [-0.2, -0.15) is 0 Å². The van der Waals surface area contributed by atoms with Crippen molar-refractivity contribution in [3.8, 4) is 0 Å². The molecule has 0 aromatic heterocycles. The summed E-state index contributed by atoms with van der Waals surface area (Å²) in [6, 6.07) is 0.227. The first-order chi connectivity index (χ1) is 5.26. The molecule has 0 aromatic rings. The lowest BCUT2D eigenvalue weighted by atomic mass is 10.0. The average Bonchev–Trinajstić information content (AvgIpc) is 2.00. The van der Waals surface area contributed by atoms with Crippen LogP contribution in [-0.2, 0) is 4.74 Å². The highest BCUT2D eigenvalue weighted by Crippen LogP contribution is 2.08. The van der Waals surface area contributed by atoms with Gasteiger partial charge in [0.25, 0.3) is 0 Å². The van der Waals surface area contributed by atoms with E-state index >= 15 is 0 Å². The maximum atomic E-state index is 5.90. The first kappa shape index (κ1) is 10.9. The van der Waals surface area contributed by atoms with Gasteiger partial charge in [0.2, 0.25) is 0 Å². The summed E-state index contributed by atoms with van der Waals surface area (Å²) in [7, 11) is 1.75. The molecule has 0 heterocycles. The Balaban J connectivity index is 3.61. The van der Waals surface area contributed by atoms with Gasteiger partial charge in [0.05, 0.1) is 6.10 Å². The lowest BCUT2D eigenvalue weighted by molar-refractivity contribution is 0.0700. The molecule has 0 rings (SSSR count). The molecule has 2 N–H and O–H groups in total. The molecule has 0 aromatic carbocycles. The second-order valence-corrected chi connectivity index (χ2v) is 3.02. The van der Waals surface area contributed by atoms with Crippen molar-refractivity contribution in [2.24, 2.45) is 5.73 Å². The van der Waals surface area contributed by atoms with Crippen LogP contribution in [0.3, 0.4) is 0 Å². The summed E-state index contributed by atoms with van der Waals surface area (Å²) in [4.78, 5) is 0. The molecule has 0 spiro atoms. The van der Waals surface area contributed by atoms with Crippen molar-refractivity contribution in [2.75, 3.05) is 7.11 Å². The smallest absolute Gasteiger partial charge is 0.0722 e. The van der Waals surface area contributed by atoms with Crippen molar-refractivity contribution in [1.29, 1.82) is 0 Å². The molecule has 2 heteroatoms. The van der Waals surface area contributed by atoms with Crippen molar-refractivity contribution in [1.82, 2.24) is 0 Å². The van der Waals surface area contributed by atoms with Crippen LogP contribution in [0.5, 0.6) is 0 Å². The van der Waals surface area contributed by atoms with Crippen molar-refractivity contribution in [2.45, 2.75) is 51.7 Å². The summed E-state index contributed by atoms with van der Waals surface area (Å²) in [5, 5.41) is 0. The van der Waals surface area contributed by atoms with Crippen LogP contribution >= 0.6 is 0 Å². The molecule has 11 heavy (non-hydrogen) atoms. The largest absolute Gasteiger partial charge is 0.380 e. The van der Waals surface area contributed by atoms with Gasteiger partial charge in [-0.15, -0.1) is 0 Å². The van der Waals surface area contributed by atoms with Crippen molar-refractivity contribution in [3.05, 3.63) is 0 Å². The summed E-state index contributed by atoms with van der Waals surface area (Å²) in [6.45, 7) is 4.31. The predicted molar refractivity (Wildman–Crippen MR) is 48.6 cm³/mol. The van der Waals surface area contributed by atoms with Crippen LogP contribution in [0.4, 0.5) is 0 Å². The van der Waals surface area contributed by atoms with E-state index in [1.165, 1.54) is 0 Å². The molecule has 68 valence electrons. The third-order valence-electron chi connectivity index (χ3n) is 1.98. The molecular weight excluding hydrogens is 138 g/mol. The topological polar surface area (TPSA) is 35.2 Å². The second-order valence-electron chi connectivity index (χ2n) is 3.02. The number of nitrogens with two attached hydrogens (primary N) is 1. The molecule has 2 unspecified atom stereocenters. The fourth-order valence-corrected chi connectivity index (χ4v) is 1.31. The lowest BCUT2D eigenvalue weighted by Crippen LogP contribution is -2.35. The summed E-state index contributed by atoms with van der Waals surface area (Å²) >= 11 is 0. The zero-order valence-corrected chi connectivity index (χ0v) is 7.97. The minimum atomic E-state index is 0.227. The van der Waals surface area contributed by atoms with Crippen molar-refractivity contribution in [3.63, 3.8) is 0 Å². The molecule has 0 amide bonds. The monoisotopic (exact) mass is 159 g/mol. The molecule has 0 aliphatic heterocycles. The van der Waals surface area contributed by atoms with Crippen LogP contribution in [-0.4, -0.2) is 19.3 Å². The summed E-state index contributed by atoms with van der Waals surface area (Å²) < 4.78 is 5.28. The normalized spacial score (nSPS) is 16.4. The molecule has 0 saturated carbocycles. The van der Waals surface area contributed by atoms with E-state index in [1.54, 1.807) is 7.11 Å². The highest BCUT2D eigenvalue weighted by atomic mass is 16.5. The highest BCUT2D eigenvalue weighted by Gasteiger charge is 2.14. The third kappa shape index (κ3) is 4.38. The van der Waals surface area contributed by atoms with Crippen molar-refractivity contribution < 1.29 is 4.74 Å². The van der Waals surface area contributed by atoms with Gasteiger partial charge in [-0.25, -0.2) is 0 Å². The van der Waals surface area contributed by atoms with E-state index in [0.29, 0.717) is 0 Å². The second kappa shape index (κ2) is 6.62. The Hall–Kier alpha value is -0.0800. The maximum absolute atomic E-state index is 5.90. The minimum Gasteiger partial charge on any atom is -0.380 e. The Morgan fingerprint density at radius 2 is 1.73 bits per heavy atom. The molecule has 0 saturated heterocycles. The molecule has 0 radical (unpaired) electrons. The predicted octanol–water partition coefficient (Wildman–Crippen LogP) is 1.93. The molecular formula is C9H21NO. The van der Waals surface area contributed by atoms with E-state index in [1.807, 2.05) is 0 Å². The van der Waals surface area contributed by atoms with E-state index in [9.17, 15) is 0 Å². The van der Waals surface area contributed by atoms with Crippen molar-refractivity contribution >= 4 is 0 Å². The third-order valence-corrected chi connectivity index (χ3v) is 1.98. The van der Waals surface area contributed by atoms with Gasteiger partial charge in [-0.3, -0.25) is 0 Å². The fraction of sp³-hybridized carbons (Fsp3) is 1.00. The Morgan fingerprint density at radius 1 is 1.18 bits per heavy atom. The number of rotatable bonds is 6. The molecule has 0 fully saturated rings. The van der Waals surface area contributed by atoms with Gasteiger partial charge >= 0.3 is 0 Å². The zero-order valence-electron chi connectivity index (χ0n) is 7.97. The number of ether oxygens (including phenoxy) is 1. The van der Waals surface area contributed by atoms with Crippen LogP contribution in [0.25, 0.3) is 0 Å². The van der Waals surface area contributed by atoms with Crippen LogP contribution < -0.4 is 5.73 Å². The first-order valence-corrected chi connectivity index (χ1v) is 4.54. The standard InChI is InChI=1S/C9H21NO/c1-4-6-8(10)9(11-3)7-5-2/h8-9H,4-7,10H2,1-3H3. The fourth-order valence-electron chi connectivity index (χ4n) is 1.31. The molecule has 0 aliphatic carbocycles.